The lowest BCUT2D eigenvalue weighted by Gasteiger charge is -2.34. The highest BCUT2D eigenvalue weighted by atomic mass is 16.3. The maximum Gasteiger partial charge on any atom is 0.257 e. The molecule has 0 aliphatic carbocycles. The Hall–Kier alpha value is -2.58. The quantitative estimate of drug-likeness (QED) is 0.870. The number of benzene rings is 1. The maximum atomic E-state index is 12.2. The van der Waals surface area contributed by atoms with E-state index in [0.717, 1.165) is 25.2 Å². The van der Waals surface area contributed by atoms with E-state index in [9.17, 15) is 4.79 Å². The zero-order valence-electron chi connectivity index (χ0n) is 12.2. The molecule has 0 unspecified atom stereocenters. The Balaban J connectivity index is 1.55. The Labute approximate surface area is 129 Å². The molecule has 1 aliphatic rings. The summed E-state index contributed by atoms with van der Waals surface area (Å²) < 4.78 is 4.96. The standard InChI is InChI=1S/C17H17N3O2/c18-11-14-2-1-3-15(10-14)12-19-5-7-20(8-6-19)17(21)16-4-9-22-13-16/h1-4,9-10,13H,5-8,12H2. The highest BCUT2D eigenvalue weighted by Gasteiger charge is 2.22. The lowest BCUT2D eigenvalue weighted by molar-refractivity contribution is 0.0628. The van der Waals surface area contributed by atoms with Crippen molar-refractivity contribution in [1.29, 1.82) is 5.26 Å². The predicted molar refractivity (Wildman–Crippen MR) is 81.0 cm³/mol. The SMILES string of the molecule is N#Cc1cccc(CN2CCN(C(=O)c3ccoc3)CC2)c1. The molecule has 1 fully saturated rings. The van der Waals surface area contributed by atoms with Gasteiger partial charge >= 0.3 is 0 Å². The van der Waals surface area contributed by atoms with E-state index in [1.54, 1.807) is 6.07 Å². The fourth-order valence-corrected chi connectivity index (χ4v) is 2.68. The number of piperazine rings is 1. The largest absolute Gasteiger partial charge is 0.472 e. The molecular formula is C17H17N3O2. The van der Waals surface area contributed by atoms with Gasteiger partial charge in [-0.1, -0.05) is 12.1 Å². The van der Waals surface area contributed by atoms with Gasteiger partial charge in [0.2, 0.25) is 0 Å². The van der Waals surface area contributed by atoms with Crippen LogP contribution in [-0.4, -0.2) is 41.9 Å². The van der Waals surface area contributed by atoms with E-state index in [1.807, 2.05) is 29.2 Å². The number of hydrogen-bond acceptors (Lipinski definition) is 4. The number of carbonyl (C=O) groups excluding carboxylic acids is 1. The van der Waals surface area contributed by atoms with E-state index in [-0.39, 0.29) is 5.91 Å². The fourth-order valence-electron chi connectivity index (χ4n) is 2.68. The van der Waals surface area contributed by atoms with E-state index in [0.29, 0.717) is 24.2 Å². The molecular weight excluding hydrogens is 278 g/mol. The van der Waals surface area contributed by atoms with Gasteiger partial charge in [0.15, 0.2) is 0 Å². The summed E-state index contributed by atoms with van der Waals surface area (Å²) in [5, 5.41) is 8.94. The summed E-state index contributed by atoms with van der Waals surface area (Å²) in [5.74, 6) is 0.0277. The van der Waals surface area contributed by atoms with Crippen molar-refractivity contribution in [2.24, 2.45) is 0 Å². The Morgan fingerprint density at radius 2 is 2.05 bits per heavy atom. The zero-order chi connectivity index (χ0) is 15.4. The Morgan fingerprint density at radius 1 is 1.23 bits per heavy atom. The number of nitrogens with zero attached hydrogens (tertiary/aromatic N) is 3. The van der Waals surface area contributed by atoms with Crippen LogP contribution in [0, 0.1) is 11.3 Å². The average Bonchev–Trinajstić information content (AvgIpc) is 3.09. The van der Waals surface area contributed by atoms with Gasteiger partial charge in [-0.2, -0.15) is 5.26 Å². The first-order chi connectivity index (χ1) is 10.8. The first-order valence-corrected chi connectivity index (χ1v) is 7.29. The van der Waals surface area contributed by atoms with Gasteiger partial charge in [-0.15, -0.1) is 0 Å². The first-order valence-electron chi connectivity index (χ1n) is 7.29. The van der Waals surface area contributed by atoms with E-state index in [4.69, 9.17) is 9.68 Å². The summed E-state index contributed by atoms with van der Waals surface area (Å²) in [6.07, 6.45) is 3.01. The van der Waals surface area contributed by atoms with Crippen LogP contribution in [0.1, 0.15) is 21.5 Å². The van der Waals surface area contributed by atoms with Crippen molar-refractivity contribution < 1.29 is 9.21 Å². The van der Waals surface area contributed by atoms with Gasteiger partial charge in [0.1, 0.15) is 6.26 Å². The molecule has 1 aromatic heterocycles. The number of carbonyl (C=O) groups is 1. The summed E-state index contributed by atoms with van der Waals surface area (Å²) >= 11 is 0. The van der Waals surface area contributed by atoms with Crippen molar-refractivity contribution in [2.45, 2.75) is 6.54 Å². The molecule has 0 atom stereocenters. The van der Waals surface area contributed by atoms with E-state index in [2.05, 4.69) is 11.0 Å². The normalized spacial score (nSPS) is 15.5. The highest BCUT2D eigenvalue weighted by Crippen LogP contribution is 2.13. The van der Waals surface area contributed by atoms with Crippen molar-refractivity contribution in [2.75, 3.05) is 26.2 Å². The molecule has 0 N–H and O–H groups in total. The van der Waals surface area contributed by atoms with Crippen LogP contribution in [0.15, 0.2) is 47.3 Å². The maximum absolute atomic E-state index is 12.2. The second-order valence-electron chi connectivity index (χ2n) is 5.39. The van der Waals surface area contributed by atoms with Gasteiger partial charge in [-0.3, -0.25) is 9.69 Å². The molecule has 112 valence electrons. The third-order valence-corrected chi connectivity index (χ3v) is 3.89. The Morgan fingerprint density at radius 3 is 2.73 bits per heavy atom. The van der Waals surface area contributed by atoms with Crippen LogP contribution in [0.25, 0.3) is 0 Å². The molecule has 1 aliphatic heterocycles. The molecule has 0 bridgehead atoms. The molecule has 0 saturated carbocycles. The highest BCUT2D eigenvalue weighted by molar-refractivity contribution is 5.93. The van der Waals surface area contributed by atoms with Gasteiger partial charge in [0.25, 0.3) is 5.91 Å². The predicted octanol–water partition coefficient (Wildman–Crippen LogP) is 2.11. The van der Waals surface area contributed by atoms with Crippen molar-refractivity contribution in [1.82, 2.24) is 9.80 Å². The molecule has 0 spiro atoms. The van der Waals surface area contributed by atoms with Crippen LogP contribution >= 0.6 is 0 Å². The van der Waals surface area contributed by atoms with Crippen LogP contribution in [0.3, 0.4) is 0 Å². The number of rotatable bonds is 3. The molecule has 1 saturated heterocycles. The lowest BCUT2D eigenvalue weighted by atomic mass is 10.1. The monoisotopic (exact) mass is 295 g/mol. The van der Waals surface area contributed by atoms with Gasteiger partial charge < -0.3 is 9.32 Å². The molecule has 5 heteroatoms. The van der Waals surface area contributed by atoms with Crippen molar-refractivity contribution in [3.05, 3.63) is 59.5 Å². The van der Waals surface area contributed by atoms with Crippen LogP contribution in [0.5, 0.6) is 0 Å². The molecule has 1 aromatic carbocycles. The fraction of sp³-hybridized carbons (Fsp3) is 0.294. The second-order valence-corrected chi connectivity index (χ2v) is 5.39. The zero-order valence-corrected chi connectivity index (χ0v) is 12.2. The summed E-state index contributed by atoms with van der Waals surface area (Å²) in [7, 11) is 0. The Kier molecular flexibility index (Phi) is 4.22. The van der Waals surface area contributed by atoms with Crippen molar-refractivity contribution >= 4 is 5.91 Å². The van der Waals surface area contributed by atoms with Crippen molar-refractivity contribution in [3.8, 4) is 6.07 Å². The summed E-state index contributed by atoms with van der Waals surface area (Å²) in [6.45, 7) is 3.90. The first kappa shape index (κ1) is 14.4. The lowest BCUT2D eigenvalue weighted by Crippen LogP contribution is -2.48. The van der Waals surface area contributed by atoms with Gasteiger partial charge in [0, 0.05) is 32.7 Å². The minimum atomic E-state index is 0.0277. The number of hydrogen-bond donors (Lipinski definition) is 0. The topological polar surface area (TPSA) is 60.5 Å². The molecule has 1 amide bonds. The van der Waals surface area contributed by atoms with Crippen LogP contribution in [0.2, 0.25) is 0 Å². The number of nitriles is 1. The third kappa shape index (κ3) is 3.18. The van der Waals surface area contributed by atoms with E-state index in [1.165, 1.54) is 12.5 Å². The molecule has 2 aromatic rings. The van der Waals surface area contributed by atoms with Crippen LogP contribution < -0.4 is 0 Å². The second kappa shape index (κ2) is 6.46. The van der Waals surface area contributed by atoms with Crippen LogP contribution in [-0.2, 0) is 6.54 Å². The van der Waals surface area contributed by atoms with E-state index >= 15 is 0 Å². The average molecular weight is 295 g/mol. The molecule has 3 rings (SSSR count). The summed E-state index contributed by atoms with van der Waals surface area (Å²) in [4.78, 5) is 16.4. The Bertz CT molecular complexity index is 680. The summed E-state index contributed by atoms with van der Waals surface area (Å²) in [5.41, 5.74) is 2.43. The van der Waals surface area contributed by atoms with Crippen LogP contribution in [0.4, 0.5) is 0 Å². The van der Waals surface area contributed by atoms with Gasteiger partial charge in [-0.25, -0.2) is 0 Å². The van der Waals surface area contributed by atoms with Gasteiger partial charge in [-0.05, 0) is 23.8 Å². The third-order valence-electron chi connectivity index (χ3n) is 3.89. The minimum absolute atomic E-state index is 0.0277. The smallest absolute Gasteiger partial charge is 0.257 e. The molecule has 0 radical (unpaired) electrons. The number of amides is 1. The van der Waals surface area contributed by atoms with E-state index < -0.39 is 0 Å². The van der Waals surface area contributed by atoms with Gasteiger partial charge in [0.05, 0.1) is 23.5 Å². The molecule has 22 heavy (non-hydrogen) atoms. The molecule has 2 heterocycles. The van der Waals surface area contributed by atoms with Crippen molar-refractivity contribution in [3.63, 3.8) is 0 Å². The molecule has 5 nitrogen and oxygen atoms in total. The summed E-state index contributed by atoms with van der Waals surface area (Å²) in [6, 6.07) is 11.5. The minimum Gasteiger partial charge on any atom is -0.472 e. The number of furan rings is 1.